The van der Waals surface area contributed by atoms with Gasteiger partial charge in [-0.2, -0.15) is 0 Å². The lowest BCUT2D eigenvalue weighted by Crippen LogP contribution is -2.50. The molecule has 3 N–H and O–H groups in total. The molecule has 5 nitrogen and oxygen atoms in total. The van der Waals surface area contributed by atoms with Crippen molar-refractivity contribution in [2.75, 3.05) is 0 Å². The number of nitrogens with one attached hydrogen (secondary N) is 1. The zero-order valence-electron chi connectivity index (χ0n) is 9.28. The normalized spacial score (nSPS) is 19.7. The Morgan fingerprint density at radius 2 is 1.87 bits per heavy atom. The minimum absolute atomic E-state index is 0.395. The van der Waals surface area contributed by atoms with Crippen molar-refractivity contribution >= 4 is 15.9 Å². The van der Waals surface area contributed by atoms with E-state index in [4.69, 9.17) is 5.73 Å². The topological polar surface area (TPSA) is 89.3 Å². The van der Waals surface area contributed by atoms with E-state index in [-0.39, 0.29) is 0 Å². The van der Waals surface area contributed by atoms with E-state index < -0.39 is 32.6 Å². The van der Waals surface area contributed by atoms with Gasteiger partial charge < -0.3 is 5.73 Å². The quantitative estimate of drug-likeness (QED) is 0.717. The summed E-state index contributed by atoms with van der Waals surface area (Å²) < 4.78 is 24.9. The van der Waals surface area contributed by atoms with Gasteiger partial charge in [0, 0.05) is 0 Å². The van der Waals surface area contributed by atoms with Crippen LogP contribution >= 0.6 is 0 Å². The molecule has 0 aromatic rings. The van der Waals surface area contributed by atoms with Crippen molar-refractivity contribution < 1.29 is 13.2 Å². The Morgan fingerprint density at radius 3 is 2.20 bits per heavy atom. The van der Waals surface area contributed by atoms with E-state index in [9.17, 15) is 13.2 Å². The highest BCUT2D eigenvalue weighted by Crippen LogP contribution is 2.27. The molecular formula is C9H18N2O3S. The Hall–Kier alpha value is -0.620. The summed E-state index contributed by atoms with van der Waals surface area (Å²) in [5.74, 6) is -0.616. The maximum Gasteiger partial charge on any atom is 0.250 e. The highest BCUT2D eigenvalue weighted by Gasteiger charge is 2.39. The van der Waals surface area contributed by atoms with Gasteiger partial charge in [-0.3, -0.25) is 9.52 Å². The Labute approximate surface area is 90.5 Å². The number of nitrogens with two attached hydrogens (primary N) is 1. The number of sulfonamides is 1. The summed E-state index contributed by atoms with van der Waals surface area (Å²) in [7, 11) is -3.47. The molecule has 0 radical (unpaired) electrons. The Bertz CT molecular complexity index is 352. The molecule has 0 heterocycles. The molecule has 0 aromatic carbocycles. The second-order valence-corrected chi connectivity index (χ2v) is 7.02. The molecule has 0 unspecified atom stereocenters. The van der Waals surface area contributed by atoms with Crippen LogP contribution in [0.5, 0.6) is 0 Å². The van der Waals surface area contributed by atoms with E-state index in [0.29, 0.717) is 12.8 Å². The molecule has 15 heavy (non-hydrogen) atoms. The molecule has 88 valence electrons. The molecule has 1 atom stereocenters. The maximum atomic E-state index is 11.5. The third-order valence-corrected chi connectivity index (χ3v) is 4.26. The lowest BCUT2D eigenvalue weighted by molar-refractivity contribution is -0.122. The molecule has 6 heteroatoms. The van der Waals surface area contributed by atoms with E-state index in [2.05, 4.69) is 0 Å². The highest BCUT2D eigenvalue weighted by molar-refractivity contribution is 7.90. The monoisotopic (exact) mass is 234 g/mol. The molecule has 1 saturated carbocycles. The molecule has 1 fully saturated rings. The first-order chi connectivity index (χ1) is 6.64. The highest BCUT2D eigenvalue weighted by atomic mass is 32.2. The van der Waals surface area contributed by atoms with Crippen LogP contribution in [-0.2, 0) is 14.8 Å². The number of hydrogen-bond donors (Lipinski definition) is 2. The fourth-order valence-corrected chi connectivity index (χ4v) is 2.39. The molecule has 1 aliphatic carbocycles. The lowest BCUT2D eigenvalue weighted by Gasteiger charge is -2.25. The van der Waals surface area contributed by atoms with Crippen molar-refractivity contribution in [1.82, 2.24) is 4.72 Å². The average molecular weight is 234 g/mol. The van der Waals surface area contributed by atoms with E-state index >= 15 is 0 Å². The largest absolute Gasteiger partial charge is 0.319 e. The maximum absolute atomic E-state index is 11.5. The molecule has 1 amide bonds. The van der Waals surface area contributed by atoms with Gasteiger partial charge >= 0.3 is 0 Å². The van der Waals surface area contributed by atoms with Crippen LogP contribution in [0.25, 0.3) is 0 Å². The van der Waals surface area contributed by atoms with Crippen LogP contribution in [0.2, 0.25) is 0 Å². The third kappa shape index (κ3) is 3.17. The van der Waals surface area contributed by atoms with Crippen molar-refractivity contribution in [3.8, 4) is 0 Å². The predicted molar refractivity (Wildman–Crippen MR) is 57.5 cm³/mol. The SMILES string of the molecule is CC(C)(C)[C@@H](N)C(=O)NS(=O)(=O)C1CC1. The standard InChI is InChI=1S/C9H18N2O3S/c1-9(2,3)7(10)8(12)11-15(13,14)6-4-5-6/h6-7H,4-5,10H2,1-3H3,(H,11,12)/t7-/m0/s1. The molecule has 0 spiro atoms. The van der Waals surface area contributed by atoms with Gasteiger partial charge in [-0.05, 0) is 18.3 Å². The van der Waals surface area contributed by atoms with E-state index in [1.165, 1.54) is 0 Å². The van der Waals surface area contributed by atoms with E-state index in [1.54, 1.807) is 20.8 Å². The van der Waals surface area contributed by atoms with Crippen molar-refractivity contribution in [3.05, 3.63) is 0 Å². The summed E-state index contributed by atoms with van der Waals surface area (Å²) in [6.45, 7) is 5.38. The predicted octanol–water partition coefficient (Wildman–Crippen LogP) is -0.0318. The number of amides is 1. The zero-order valence-corrected chi connectivity index (χ0v) is 10.1. The number of rotatable bonds is 3. The molecule has 1 rings (SSSR count). The number of hydrogen-bond acceptors (Lipinski definition) is 4. The molecule has 1 aliphatic rings. The van der Waals surface area contributed by atoms with Crippen LogP contribution in [0.1, 0.15) is 33.6 Å². The van der Waals surface area contributed by atoms with Crippen LogP contribution in [0.15, 0.2) is 0 Å². The van der Waals surface area contributed by atoms with Gasteiger partial charge in [-0.1, -0.05) is 20.8 Å². The lowest BCUT2D eigenvalue weighted by atomic mass is 9.87. The number of carbonyl (C=O) groups is 1. The first-order valence-electron chi connectivity index (χ1n) is 4.95. The summed E-state index contributed by atoms with van der Waals surface area (Å²) in [5, 5.41) is -0.395. The Morgan fingerprint density at radius 1 is 1.40 bits per heavy atom. The summed E-state index contributed by atoms with van der Waals surface area (Å²) in [5.41, 5.74) is 5.20. The number of carbonyl (C=O) groups excluding carboxylic acids is 1. The van der Waals surface area contributed by atoms with Crippen LogP contribution in [-0.4, -0.2) is 25.6 Å². The van der Waals surface area contributed by atoms with Gasteiger partial charge in [-0.25, -0.2) is 8.42 Å². The van der Waals surface area contributed by atoms with Crippen molar-refractivity contribution in [3.63, 3.8) is 0 Å². The fraction of sp³-hybridized carbons (Fsp3) is 0.889. The van der Waals surface area contributed by atoms with Crippen molar-refractivity contribution in [2.45, 2.75) is 44.9 Å². The van der Waals surface area contributed by atoms with Crippen molar-refractivity contribution in [1.29, 1.82) is 0 Å². The Balaban J connectivity index is 2.63. The summed E-state index contributed by atoms with van der Waals surface area (Å²) >= 11 is 0. The first kappa shape index (κ1) is 12.4. The van der Waals surface area contributed by atoms with Crippen LogP contribution < -0.4 is 10.5 Å². The average Bonchev–Trinajstić information content (AvgIpc) is 2.81. The second kappa shape index (κ2) is 3.75. The van der Waals surface area contributed by atoms with Crippen LogP contribution in [0.3, 0.4) is 0 Å². The molecule has 0 bridgehead atoms. The molecular weight excluding hydrogens is 216 g/mol. The van der Waals surface area contributed by atoms with Crippen molar-refractivity contribution in [2.24, 2.45) is 11.1 Å². The van der Waals surface area contributed by atoms with Gasteiger partial charge in [0.05, 0.1) is 11.3 Å². The molecule has 0 aliphatic heterocycles. The fourth-order valence-electron chi connectivity index (χ4n) is 1.06. The second-order valence-electron chi connectivity index (χ2n) is 5.05. The van der Waals surface area contributed by atoms with Gasteiger partial charge in [0.25, 0.3) is 5.91 Å². The summed E-state index contributed by atoms with van der Waals surface area (Å²) in [4.78, 5) is 11.5. The molecule has 0 saturated heterocycles. The zero-order chi connectivity index (χ0) is 11.9. The van der Waals surface area contributed by atoms with E-state index in [1.807, 2.05) is 4.72 Å². The third-order valence-electron chi connectivity index (χ3n) is 2.42. The molecule has 0 aromatic heterocycles. The van der Waals surface area contributed by atoms with Crippen LogP contribution in [0, 0.1) is 5.41 Å². The minimum atomic E-state index is -3.47. The smallest absolute Gasteiger partial charge is 0.250 e. The first-order valence-corrected chi connectivity index (χ1v) is 6.50. The van der Waals surface area contributed by atoms with E-state index in [0.717, 1.165) is 0 Å². The summed E-state index contributed by atoms with van der Waals surface area (Å²) in [6, 6.07) is -0.814. The van der Waals surface area contributed by atoms with Gasteiger partial charge in [-0.15, -0.1) is 0 Å². The van der Waals surface area contributed by atoms with Gasteiger partial charge in [0.1, 0.15) is 0 Å². The Kier molecular flexibility index (Phi) is 3.11. The van der Waals surface area contributed by atoms with Crippen LogP contribution in [0.4, 0.5) is 0 Å². The summed E-state index contributed by atoms with van der Waals surface area (Å²) in [6.07, 6.45) is 1.26. The van der Waals surface area contributed by atoms with Gasteiger partial charge in [0.2, 0.25) is 10.0 Å². The minimum Gasteiger partial charge on any atom is -0.319 e. The van der Waals surface area contributed by atoms with Gasteiger partial charge in [0.15, 0.2) is 0 Å².